The number of benzene rings is 1. The van der Waals surface area contributed by atoms with E-state index < -0.39 is 6.04 Å². The molecule has 0 heterocycles. The van der Waals surface area contributed by atoms with Crippen molar-refractivity contribution in [2.45, 2.75) is 39.8 Å². The van der Waals surface area contributed by atoms with E-state index in [9.17, 15) is 9.59 Å². The van der Waals surface area contributed by atoms with Crippen LogP contribution in [-0.4, -0.2) is 42.9 Å². The summed E-state index contributed by atoms with van der Waals surface area (Å²) in [6.07, 6.45) is 0. The SMILES string of the molecule is CC(C)[C@H](C)Nc1ccc(Cl)c(C(=O)N[C@H](C)C(=O)N(C)C)c1. The fourth-order valence-corrected chi connectivity index (χ4v) is 2.15. The molecule has 0 unspecified atom stereocenters. The zero-order chi connectivity index (χ0) is 17.7. The van der Waals surface area contributed by atoms with Crippen LogP contribution in [0.5, 0.6) is 0 Å². The van der Waals surface area contributed by atoms with E-state index in [-0.39, 0.29) is 17.9 Å². The highest BCUT2D eigenvalue weighted by Gasteiger charge is 2.20. The Bertz CT molecular complexity index is 573. The summed E-state index contributed by atoms with van der Waals surface area (Å²) in [6, 6.07) is 4.89. The third kappa shape index (κ3) is 5.43. The molecule has 0 aliphatic heterocycles. The maximum atomic E-state index is 12.4. The number of nitrogens with zero attached hydrogens (tertiary/aromatic N) is 1. The second-order valence-electron chi connectivity index (χ2n) is 6.30. The topological polar surface area (TPSA) is 61.4 Å². The highest BCUT2D eigenvalue weighted by atomic mass is 35.5. The highest BCUT2D eigenvalue weighted by Crippen LogP contribution is 2.22. The number of halogens is 1. The van der Waals surface area contributed by atoms with Gasteiger partial charge in [-0.2, -0.15) is 0 Å². The van der Waals surface area contributed by atoms with E-state index in [0.717, 1.165) is 5.69 Å². The van der Waals surface area contributed by atoms with Gasteiger partial charge in [0.25, 0.3) is 5.91 Å². The summed E-state index contributed by atoms with van der Waals surface area (Å²) in [4.78, 5) is 25.7. The lowest BCUT2D eigenvalue weighted by Crippen LogP contribution is -2.44. The summed E-state index contributed by atoms with van der Waals surface area (Å²) in [5.74, 6) is -0.0728. The largest absolute Gasteiger partial charge is 0.382 e. The molecule has 0 saturated carbocycles. The molecule has 0 radical (unpaired) electrons. The van der Waals surface area contributed by atoms with Gasteiger partial charge in [-0.1, -0.05) is 25.4 Å². The fourth-order valence-electron chi connectivity index (χ4n) is 1.94. The molecule has 2 N–H and O–H groups in total. The van der Waals surface area contributed by atoms with Crippen molar-refractivity contribution in [1.82, 2.24) is 10.2 Å². The fraction of sp³-hybridized carbons (Fsp3) is 0.529. The second-order valence-corrected chi connectivity index (χ2v) is 6.71. The third-order valence-electron chi connectivity index (χ3n) is 3.76. The molecule has 0 bridgehead atoms. The summed E-state index contributed by atoms with van der Waals surface area (Å²) in [5.41, 5.74) is 1.18. The molecular formula is C17H26ClN3O2. The van der Waals surface area contributed by atoms with Crippen LogP contribution in [0.15, 0.2) is 18.2 Å². The maximum Gasteiger partial charge on any atom is 0.253 e. The Balaban J connectivity index is 2.90. The molecule has 0 saturated heterocycles. The normalized spacial score (nSPS) is 13.4. The molecule has 0 fully saturated rings. The molecule has 6 heteroatoms. The van der Waals surface area contributed by atoms with Crippen molar-refractivity contribution in [2.24, 2.45) is 5.92 Å². The standard InChI is InChI=1S/C17H26ClN3O2/c1-10(2)11(3)19-13-7-8-15(18)14(9-13)16(22)20-12(4)17(23)21(5)6/h7-12,19H,1-6H3,(H,20,22)/t11-,12+/m0/s1. The number of rotatable bonds is 6. The molecule has 0 aromatic heterocycles. The molecule has 128 valence electrons. The Kier molecular flexibility index (Phi) is 6.88. The van der Waals surface area contributed by atoms with Gasteiger partial charge < -0.3 is 15.5 Å². The van der Waals surface area contributed by atoms with Crippen LogP contribution in [0.3, 0.4) is 0 Å². The van der Waals surface area contributed by atoms with Gasteiger partial charge in [0.2, 0.25) is 5.91 Å². The minimum absolute atomic E-state index is 0.169. The van der Waals surface area contributed by atoms with Crippen LogP contribution in [0.1, 0.15) is 38.1 Å². The first-order valence-electron chi connectivity index (χ1n) is 7.71. The zero-order valence-electron chi connectivity index (χ0n) is 14.6. The number of anilines is 1. The summed E-state index contributed by atoms with van der Waals surface area (Å²) < 4.78 is 0. The summed E-state index contributed by atoms with van der Waals surface area (Å²) in [5, 5.41) is 6.38. The van der Waals surface area contributed by atoms with Gasteiger partial charge in [-0.25, -0.2) is 0 Å². The Morgan fingerprint density at radius 2 is 1.74 bits per heavy atom. The van der Waals surface area contributed by atoms with Gasteiger partial charge in [0.15, 0.2) is 0 Å². The van der Waals surface area contributed by atoms with Gasteiger partial charge in [-0.3, -0.25) is 9.59 Å². The lowest BCUT2D eigenvalue weighted by atomic mass is 10.1. The van der Waals surface area contributed by atoms with E-state index in [1.54, 1.807) is 33.2 Å². The molecule has 5 nitrogen and oxygen atoms in total. The first-order valence-corrected chi connectivity index (χ1v) is 8.09. The molecule has 0 aliphatic carbocycles. The molecular weight excluding hydrogens is 314 g/mol. The van der Waals surface area contributed by atoms with Crippen LogP contribution in [0.2, 0.25) is 5.02 Å². The number of likely N-dealkylation sites (N-methyl/N-ethyl adjacent to an activating group) is 1. The Morgan fingerprint density at radius 1 is 1.13 bits per heavy atom. The number of carbonyl (C=O) groups excluding carboxylic acids is 2. The van der Waals surface area contributed by atoms with Gasteiger partial charge in [0, 0.05) is 25.8 Å². The lowest BCUT2D eigenvalue weighted by Gasteiger charge is -2.20. The quantitative estimate of drug-likeness (QED) is 0.837. The van der Waals surface area contributed by atoms with Crippen LogP contribution in [0.4, 0.5) is 5.69 Å². The van der Waals surface area contributed by atoms with Crippen molar-refractivity contribution in [3.05, 3.63) is 28.8 Å². The minimum Gasteiger partial charge on any atom is -0.382 e. The highest BCUT2D eigenvalue weighted by molar-refractivity contribution is 6.34. The average Bonchev–Trinajstić information content (AvgIpc) is 2.47. The van der Waals surface area contributed by atoms with Crippen LogP contribution in [0, 0.1) is 5.92 Å². The first kappa shape index (κ1) is 19.3. The van der Waals surface area contributed by atoms with Gasteiger partial charge in [0.05, 0.1) is 10.6 Å². The summed E-state index contributed by atoms with van der Waals surface area (Å²) in [6.45, 7) is 7.97. The van der Waals surface area contributed by atoms with E-state index in [4.69, 9.17) is 11.6 Å². The van der Waals surface area contributed by atoms with Crippen molar-refractivity contribution in [3.63, 3.8) is 0 Å². The molecule has 0 aliphatic rings. The second kappa shape index (κ2) is 8.20. The summed E-state index contributed by atoms with van der Waals surface area (Å²) >= 11 is 6.13. The Labute approximate surface area is 143 Å². The maximum absolute atomic E-state index is 12.4. The Hall–Kier alpha value is -1.75. The smallest absolute Gasteiger partial charge is 0.253 e. The van der Waals surface area contributed by atoms with Gasteiger partial charge >= 0.3 is 0 Å². The first-order chi connectivity index (χ1) is 10.6. The average molecular weight is 340 g/mol. The van der Waals surface area contributed by atoms with Crippen molar-refractivity contribution in [1.29, 1.82) is 0 Å². The molecule has 2 amide bonds. The van der Waals surface area contributed by atoms with E-state index in [2.05, 4.69) is 31.4 Å². The number of hydrogen-bond acceptors (Lipinski definition) is 3. The third-order valence-corrected chi connectivity index (χ3v) is 4.09. The monoisotopic (exact) mass is 339 g/mol. The molecule has 1 aromatic rings. The van der Waals surface area contributed by atoms with Crippen LogP contribution >= 0.6 is 11.6 Å². The van der Waals surface area contributed by atoms with Crippen molar-refractivity contribution < 1.29 is 9.59 Å². The van der Waals surface area contributed by atoms with Crippen molar-refractivity contribution in [2.75, 3.05) is 19.4 Å². The number of carbonyl (C=O) groups is 2. The minimum atomic E-state index is -0.611. The predicted octanol–water partition coefficient (Wildman–Crippen LogP) is 3.00. The molecule has 1 aromatic carbocycles. The predicted molar refractivity (Wildman–Crippen MR) is 95.0 cm³/mol. The van der Waals surface area contributed by atoms with Gasteiger partial charge in [0.1, 0.15) is 6.04 Å². The van der Waals surface area contributed by atoms with Gasteiger partial charge in [-0.05, 0) is 38.0 Å². The van der Waals surface area contributed by atoms with E-state index in [0.29, 0.717) is 16.5 Å². The summed E-state index contributed by atoms with van der Waals surface area (Å²) in [7, 11) is 3.30. The molecule has 23 heavy (non-hydrogen) atoms. The van der Waals surface area contributed by atoms with Crippen molar-refractivity contribution >= 4 is 29.1 Å². The number of nitrogens with one attached hydrogen (secondary N) is 2. The van der Waals surface area contributed by atoms with E-state index >= 15 is 0 Å². The van der Waals surface area contributed by atoms with Crippen LogP contribution in [-0.2, 0) is 4.79 Å². The Morgan fingerprint density at radius 3 is 2.26 bits per heavy atom. The van der Waals surface area contributed by atoms with E-state index in [1.807, 2.05) is 6.07 Å². The number of hydrogen-bond donors (Lipinski definition) is 2. The van der Waals surface area contributed by atoms with Gasteiger partial charge in [-0.15, -0.1) is 0 Å². The number of amides is 2. The molecule has 2 atom stereocenters. The van der Waals surface area contributed by atoms with Crippen molar-refractivity contribution in [3.8, 4) is 0 Å². The zero-order valence-corrected chi connectivity index (χ0v) is 15.4. The molecule has 0 spiro atoms. The van der Waals surface area contributed by atoms with Crippen LogP contribution < -0.4 is 10.6 Å². The molecule has 1 rings (SSSR count). The van der Waals surface area contributed by atoms with E-state index in [1.165, 1.54) is 4.90 Å². The van der Waals surface area contributed by atoms with Crippen LogP contribution in [0.25, 0.3) is 0 Å². The lowest BCUT2D eigenvalue weighted by molar-refractivity contribution is -0.130.